The number of ether oxygens (including phenoxy) is 1. The van der Waals surface area contributed by atoms with Crippen molar-refractivity contribution in [3.63, 3.8) is 0 Å². The number of carbonyl (C=O) groups is 1. The zero-order valence-corrected chi connectivity index (χ0v) is 18.2. The number of oxime groups is 1. The number of carbonyl (C=O) groups excluding carboxylic acids is 1. The van der Waals surface area contributed by atoms with Crippen LogP contribution in [0.2, 0.25) is 0 Å². The fraction of sp³-hybridized carbons (Fsp3) is 0.600. The largest absolute Gasteiger partial charge is 0.496 e. The molecule has 0 amide bonds. The van der Waals surface area contributed by atoms with Gasteiger partial charge in [0.25, 0.3) is 0 Å². The van der Waals surface area contributed by atoms with E-state index in [0.717, 1.165) is 60.3 Å². The van der Waals surface area contributed by atoms with Crippen molar-refractivity contribution < 1.29 is 14.7 Å². The first-order valence-electron chi connectivity index (χ1n) is 11.2. The molecule has 0 atom stereocenters. The molecule has 0 radical (unpaired) electrons. The molecule has 4 fully saturated rings. The van der Waals surface area contributed by atoms with Crippen molar-refractivity contribution in [1.29, 1.82) is 0 Å². The average Bonchev–Trinajstić information content (AvgIpc) is 2.66. The fourth-order valence-electron chi connectivity index (χ4n) is 7.14. The molecule has 5 aliphatic rings. The Hall–Kier alpha value is -2.30. The van der Waals surface area contributed by atoms with Crippen LogP contribution in [0, 0.1) is 23.2 Å². The standard InChI is InChI=1S/C25H32N2O3/c1-24(2)13-18-8-22(30-3)19(14-26-29)7-20(18)21(27-24)9-23(28)25-10-15-4-16(11-25)6-17(5-15)12-25/h7-9,14-17,27,29H,4-6,10-13H2,1-3H3. The summed E-state index contributed by atoms with van der Waals surface area (Å²) in [7, 11) is 1.62. The fourth-order valence-corrected chi connectivity index (χ4v) is 7.14. The molecule has 1 heterocycles. The minimum Gasteiger partial charge on any atom is -0.496 e. The highest BCUT2D eigenvalue weighted by molar-refractivity contribution is 6.01. The van der Waals surface area contributed by atoms with Gasteiger partial charge in [-0.1, -0.05) is 5.16 Å². The highest BCUT2D eigenvalue weighted by Crippen LogP contribution is 2.60. The number of fused-ring (bicyclic) bond motifs is 1. The molecule has 160 valence electrons. The van der Waals surface area contributed by atoms with Crippen LogP contribution in [0.3, 0.4) is 0 Å². The third-order valence-electron chi connectivity index (χ3n) is 7.88. The molecular weight excluding hydrogens is 376 g/mol. The zero-order valence-electron chi connectivity index (χ0n) is 18.2. The Bertz CT molecular complexity index is 909. The molecule has 4 saturated carbocycles. The summed E-state index contributed by atoms with van der Waals surface area (Å²) in [6.45, 7) is 4.32. The van der Waals surface area contributed by atoms with Crippen LogP contribution in [-0.4, -0.2) is 29.9 Å². The van der Waals surface area contributed by atoms with Crippen molar-refractivity contribution in [3.8, 4) is 5.75 Å². The maximum absolute atomic E-state index is 13.7. The van der Waals surface area contributed by atoms with Gasteiger partial charge in [-0.3, -0.25) is 4.79 Å². The molecular formula is C25H32N2O3. The molecule has 0 aromatic heterocycles. The third-order valence-corrected chi connectivity index (χ3v) is 7.88. The number of nitrogens with zero attached hydrogens (tertiary/aromatic N) is 1. The van der Waals surface area contributed by atoms with Crippen molar-refractivity contribution in [1.82, 2.24) is 5.32 Å². The molecule has 6 rings (SSSR count). The van der Waals surface area contributed by atoms with E-state index in [1.165, 1.54) is 25.5 Å². The van der Waals surface area contributed by atoms with Gasteiger partial charge in [0.2, 0.25) is 0 Å². The Labute approximate surface area is 178 Å². The molecule has 0 unspecified atom stereocenters. The first-order valence-corrected chi connectivity index (χ1v) is 11.2. The maximum Gasteiger partial charge on any atom is 0.163 e. The normalized spacial score (nSPS) is 34.8. The third kappa shape index (κ3) is 3.23. The second-order valence-corrected chi connectivity index (χ2v) is 10.8. The Morgan fingerprint density at radius 2 is 1.80 bits per heavy atom. The van der Waals surface area contributed by atoms with E-state index in [1.54, 1.807) is 7.11 Å². The molecule has 4 aliphatic carbocycles. The SMILES string of the molecule is COc1cc2c(cc1C=NO)C(=CC(=O)C13CC4CC(CC(C4)C1)C3)NC(C)(C)C2. The molecule has 5 nitrogen and oxygen atoms in total. The van der Waals surface area contributed by atoms with Gasteiger partial charge in [-0.05, 0) is 94.2 Å². The lowest BCUT2D eigenvalue weighted by molar-refractivity contribution is -0.138. The van der Waals surface area contributed by atoms with Gasteiger partial charge in [0.15, 0.2) is 5.78 Å². The second kappa shape index (κ2) is 6.86. The molecule has 1 aromatic rings. The van der Waals surface area contributed by atoms with E-state index in [-0.39, 0.29) is 11.0 Å². The molecule has 2 N–H and O–H groups in total. The molecule has 0 saturated heterocycles. The van der Waals surface area contributed by atoms with Crippen molar-refractivity contribution in [3.05, 3.63) is 34.9 Å². The van der Waals surface area contributed by atoms with Crippen LogP contribution in [0.25, 0.3) is 5.70 Å². The number of ketones is 1. The number of allylic oxidation sites excluding steroid dienone is 1. The number of benzene rings is 1. The van der Waals surface area contributed by atoms with Crippen LogP contribution in [0.5, 0.6) is 5.75 Å². The minimum atomic E-state index is -0.155. The van der Waals surface area contributed by atoms with E-state index in [0.29, 0.717) is 17.1 Å². The van der Waals surface area contributed by atoms with Gasteiger partial charge in [-0.2, -0.15) is 0 Å². The number of hydrogen-bond acceptors (Lipinski definition) is 5. The lowest BCUT2D eigenvalue weighted by atomic mass is 9.48. The van der Waals surface area contributed by atoms with Crippen molar-refractivity contribution in [2.45, 2.75) is 64.3 Å². The molecule has 1 aromatic carbocycles. The molecule has 0 spiro atoms. The Kier molecular flexibility index (Phi) is 4.49. The van der Waals surface area contributed by atoms with Gasteiger partial charge in [-0.25, -0.2) is 0 Å². The monoisotopic (exact) mass is 408 g/mol. The van der Waals surface area contributed by atoms with E-state index in [2.05, 4.69) is 24.3 Å². The van der Waals surface area contributed by atoms with Crippen LogP contribution < -0.4 is 10.1 Å². The first-order chi connectivity index (χ1) is 14.3. The predicted octanol–water partition coefficient (Wildman–Crippen LogP) is 4.55. The highest BCUT2D eigenvalue weighted by atomic mass is 16.5. The van der Waals surface area contributed by atoms with Crippen LogP contribution in [0.1, 0.15) is 69.1 Å². The second-order valence-electron chi connectivity index (χ2n) is 10.8. The first kappa shape index (κ1) is 19.7. The van der Waals surface area contributed by atoms with Gasteiger partial charge in [0, 0.05) is 33.9 Å². The summed E-state index contributed by atoms with van der Waals surface area (Å²) in [6.07, 6.45) is 11.3. The van der Waals surface area contributed by atoms with Gasteiger partial charge in [0.05, 0.1) is 13.3 Å². The summed E-state index contributed by atoms with van der Waals surface area (Å²) in [4.78, 5) is 13.7. The van der Waals surface area contributed by atoms with E-state index in [9.17, 15) is 4.79 Å². The van der Waals surface area contributed by atoms with Gasteiger partial charge in [-0.15, -0.1) is 0 Å². The van der Waals surface area contributed by atoms with Crippen molar-refractivity contribution in [2.75, 3.05) is 7.11 Å². The summed E-state index contributed by atoms with van der Waals surface area (Å²) in [5.74, 6) is 3.23. The molecule has 1 aliphatic heterocycles. The summed E-state index contributed by atoms with van der Waals surface area (Å²) in [6, 6.07) is 3.98. The van der Waals surface area contributed by atoms with Gasteiger partial charge >= 0.3 is 0 Å². The molecule has 4 bridgehead atoms. The minimum absolute atomic E-state index is 0.146. The maximum atomic E-state index is 13.7. The Morgan fingerprint density at radius 1 is 1.17 bits per heavy atom. The van der Waals surface area contributed by atoms with Crippen LogP contribution in [0.15, 0.2) is 23.4 Å². The van der Waals surface area contributed by atoms with Gasteiger partial charge < -0.3 is 15.3 Å². The van der Waals surface area contributed by atoms with E-state index < -0.39 is 0 Å². The summed E-state index contributed by atoms with van der Waals surface area (Å²) < 4.78 is 5.50. The van der Waals surface area contributed by atoms with E-state index in [4.69, 9.17) is 9.94 Å². The van der Waals surface area contributed by atoms with Crippen LogP contribution >= 0.6 is 0 Å². The Morgan fingerprint density at radius 3 is 2.37 bits per heavy atom. The Balaban J connectivity index is 1.55. The average molecular weight is 409 g/mol. The quantitative estimate of drug-likeness (QED) is 0.332. The van der Waals surface area contributed by atoms with Crippen molar-refractivity contribution in [2.24, 2.45) is 28.3 Å². The van der Waals surface area contributed by atoms with Crippen LogP contribution in [-0.2, 0) is 11.2 Å². The smallest absolute Gasteiger partial charge is 0.163 e. The topological polar surface area (TPSA) is 70.9 Å². The number of hydrogen-bond donors (Lipinski definition) is 2. The van der Waals surface area contributed by atoms with Crippen molar-refractivity contribution >= 4 is 17.7 Å². The number of nitrogens with one attached hydrogen (secondary N) is 1. The summed E-state index contributed by atoms with van der Waals surface area (Å²) >= 11 is 0. The van der Waals surface area contributed by atoms with Crippen LogP contribution in [0.4, 0.5) is 0 Å². The van der Waals surface area contributed by atoms with E-state index >= 15 is 0 Å². The number of rotatable bonds is 4. The lowest BCUT2D eigenvalue weighted by Gasteiger charge is -2.55. The molecule has 5 heteroatoms. The highest BCUT2D eigenvalue weighted by Gasteiger charge is 2.54. The van der Waals surface area contributed by atoms with E-state index in [1.807, 2.05) is 18.2 Å². The zero-order chi connectivity index (χ0) is 21.1. The summed E-state index contributed by atoms with van der Waals surface area (Å²) in [5, 5.41) is 15.9. The number of methoxy groups -OCH3 is 1. The van der Waals surface area contributed by atoms with Gasteiger partial charge in [0.1, 0.15) is 5.75 Å². The predicted molar refractivity (Wildman–Crippen MR) is 117 cm³/mol. The summed E-state index contributed by atoms with van der Waals surface area (Å²) in [5.41, 5.74) is 3.44. The molecule has 30 heavy (non-hydrogen) atoms. The lowest BCUT2D eigenvalue weighted by Crippen LogP contribution is -2.50.